The highest BCUT2D eigenvalue weighted by molar-refractivity contribution is 5.01. The van der Waals surface area contributed by atoms with Crippen molar-refractivity contribution in [2.45, 2.75) is 215 Å². The van der Waals surface area contributed by atoms with Crippen molar-refractivity contribution in [2.75, 3.05) is 46.2 Å². The van der Waals surface area contributed by atoms with Gasteiger partial charge in [0.15, 0.2) is 44.0 Å². The minimum atomic E-state index is -2.21. The summed E-state index contributed by atoms with van der Waals surface area (Å²) < 4.78 is 79.5. The van der Waals surface area contributed by atoms with Crippen molar-refractivity contribution in [3.05, 3.63) is 0 Å². The average Bonchev–Trinajstić information content (AvgIpc) is 3.45. The van der Waals surface area contributed by atoms with Gasteiger partial charge < -0.3 is 174 Å². The van der Waals surface area contributed by atoms with E-state index in [0.717, 1.165) is 0 Å². The SMILES string of the molecule is OC[C@H]1O[C@H]2O[C@H]3[C@H](O)[C@@H](O)[C@@H](O[C@H]4[C@H](O)[C@@H](O)[C@@H](O[C@H]5[C@H](O)[C@@H](O)[C@@H](O[C@H]6[C@H](O)[C@@H](O)[C@@H](O[C@H]7[C@H](O)[C@@H](O)[C@@H](O[C@H]8[C@H](O)[C@@H](O)[C@H](O[C@H]1[C@H](O)[C@H]2O)O[C@@H]8CO)O[C@@H]7CO)O[C@@H]6CO)O[C@@H]5CO)O[C@@H]4CO)O[C@@H]3CO. The molecule has 0 aliphatic carbocycles. The highest BCUT2D eigenvalue weighted by atomic mass is 16.8. The Morgan fingerprint density at radius 3 is 0.351 bits per heavy atom. The van der Waals surface area contributed by atoms with Crippen molar-refractivity contribution < 1.29 is 174 Å². The number of hydrogen-bond acceptors (Lipinski definition) is 35. The van der Waals surface area contributed by atoms with Crippen LogP contribution in [0.3, 0.4) is 0 Å². The van der Waals surface area contributed by atoms with E-state index in [1.165, 1.54) is 0 Å². The summed E-state index contributed by atoms with van der Waals surface area (Å²) >= 11 is 0. The highest BCUT2D eigenvalue weighted by Gasteiger charge is 2.59. The maximum atomic E-state index is 11.3. The third-order valence-corrected chi connectivity index (χ3v) is 14.8. The van der Waals surface area contributed by atoms with E-state index in [1.807, 2.05) is 0 Å². The smallest absolute Gasteiger partial charge is 0.187 e. The fourth-order valence-electron chi connectivity index (χ4n) is 10.4. The topological polar surface area (TPSA) is 554 Å². The van der Waals surface area contributed by atoms with Crippen molar-refractivity contribution in [1.29, 1.82) is 0 Å². The van der Waals surface area contributed by atoms with Gasteiger partial charge >= 0.3 is 0 Å². The molecule has 0 aromatic rings. The number of rotatable bonds is 7. The summed E-state index contributed by atoms with van der Waals surface area (Å²) in [5.74, 6) is 0. The van der Waals surface area contributed by atoms with E-state index in [-0.39, 0.29) is 0 Å². The Morgan fingerprint density at radius 1 is 0.156 bits per heavy atom. The Bertz CT molecular complexity index is 1470. The molecule has 21 fully saturated rings. The lowest BCUT2D eigenvalue weighted by molar-refractivity contribution is -0.396. The van der Waals surface area contributed by atoms with Crippen LogP contribution in [0.2, 0.25) is 0 Å². The maximum Gasteiger partial charge on any atom is 0.187 e. The van der Waals surface area contributed by atoms with E-state index in [2.05, 4.69) is 0 Å². The standard InChI is InChI=1S/C42H70O35/c43-1-8-29-15(50)22(57)36(64-8)72-30-9(2-44)66-38(24(59)17(30)52)74-32-11(4-46)68-40(26(61)19(32)54)76-34-13(6-48)70-42(28(63)21(34)56)77-35-14(7-49)69-41(27(62)20(35)55)75-33-12(5-47)67-39(25(60)18(33)53)73-31-10(3-45)65-37(71-29)23(58)16(31)51/h8-63H,1-7H2/t8-,9-,10-,11-,12-,13-,14-,15-,16-,17-,18-,19-,20-,21-,22-,23-,24-,25-,26-,27-,28-,29-,30-,31-,32-,33-,34-,35-,36-,37-,38-,39-,40-,41+,42+/m1/s1. The number of aliphatic hydroxyl groups excluding tert-OH is 21. The minimum Gasteiger partial charge on any atom is -0.394 e. The van der Waals surface area contributed by atoms with E-state index < -0.39 is 261 Å². The van der Waals surface area contributed by atoms with E-state index in [9.17, 15) is 107 Å². The molecular formula is C42H70O35. The van der Waals surface area contributed by atoms with Crippen molar-refractivity contribution in [3.8, 4) is 0 Å². The lowest BCUT2D eigenvalue weighted by atomic mass is 9.95. The predicted molar refractivity (Wildman–Crippen MR) is 228 cm³/mol. The van der Waals surface area contributed by atoms with Gasteiger partial charge in [0.25, 0.3) is 0 Å². The van der Waals surface area contributed by atoms with E-state index >= 15 is 0 Å². The Balaban J connectivity index is 1.08. The molecule has 448 valence electrons. The van der Waals surface area contributed by atoms with Gasteiger partial charge in [0.2, 0.25) is 0 Å². The molecule has 0 unspecified atom stereocenters. The molecule has 0 spiro atoms. The second-order valence-corrected chi connectivity index (χ2v) is 19.7. The van der Waals surface area contributed by atoms with Gasteiger partial charge in [0.1, 0.15) is 171 Å². The molecule has 35 nitrogen and oxygen atoms in total. The number of aliphatic hydroxyl groups is 21. The number of hydrogen-bond donors (Lipinski definition) is 21. The van der Waals surface area contributed by atoms with Crippen LogP contribution in [0.4, 0.5) is 0 Å². The van der Waals surface area contributed by atoms with Gasteiger partial charge in [-0.3, -0.25) is 0 Å². The van der Waals surface area contributed by atoms with Gasteiger partial charge in [-0.2, -0.15) is 0 Å². The molecule has 0 aromatic heterocycles. The molecule has 0 saturated carbocycles. The van der Waals surface area contributed by atoms with Crippen LogP contribution >= 0.6 is 0 Å². The molecular weight excluding hydrogens is 1060 g/mol. The normalized spacial score (nSPS) is 55.4. The van der Waals surface area contributed by atoms with Crippen LogP contribution in [0.5, 0.6) is 0 Å². The molecule has 21 saturated heterocycles. The van der Waals surface area contributed by atoms with Gasteiger partial charge in [-0.15, -0.1) is 0 Å². The van der Waals surface area contributed by atoms with E-state index in [1.54, 1.807) is 0 Å². The fourth-order valence-corrected chi connectivity index (χ4v) is 10.4. The molecule has 21 aliphatic heterocycles. The van der Waals surface area contributed by atoms with Crippen molar-refractivity contribution >= 4 is 0 Å². The molecule has 21 rings (SSSR count). The lowest BCUT2D eigenvalue weighted by Crippen LogP contribution is -2.68. The molecule has 21 heterocycles. The average molecular weight is 1130 g/mol. The Labute approximate surface area is 434 Å². The van der Waals surface area contributed by atoms with Crippen LogP contribution in [0.1, 0.15) is 0 Å². The fraction of sp³-hybridized carbons (Fsp3) is 1.00. The monoisotopic (exact) mass is 1130 g/mol. The van der Waals surface area contributed by atoms with Gasteiger partial charge in [-0.05, 0) is 0 Å². The zero-order chi connectivity index (χ0) is 56.1. The van der Waals surface area contributed by atoms with E-state index in [4.69, 9.17) is 66.3 Å². The molecule has 0 aromatic carbocycles. The molecule has 21 aliphatic rings. The molecule has 0 amide bonds. The van der Waals surface area contributed by atoms with Crippen LogP contribution in [-0.2, 0) is 66.3 Å². The van der Waals surface area contributed by atoms with Gasteiger partial charge in [-0.25, -0.2) is 0 Å². The first-order valence-corrected chi connectivity index (χ1v) is 24.6. The van der Waals surface area contributed by atoms with Crippen LogP contribution in [0.25, 0.3) is 0 Å². The summed E-state index contributed by atoms with van der Waals surface area (Å²) in [6.45, 7) is -7.33. The first kappa shape index (κ1) is 61.7. The Hall–Kier alpha value is -1.40. The molecule has 35 heteroatoms. The molecule has 0 radical (unpaired) electrons. The maximum absolute atomic E-state index is 11.3. The van der Waals surface area contributed by atoms with Gasteiger partial charge in [0, 0.05) is 0 Å². The second-order valence-electron chi connectivity index (χ2n) is 19.7. The summed E-state index contributed by atoms with van der Waals surface area (Å²) in [4.78, 5) is 0. The zero-order valence-electron chi connectivity index (χ0n) is 40.3. The van der Waals surface area contributed by atoms with Crippen molar-refractivity contribution in [3.63, 3.8) is 0 Å². The third kappa shape index (κ3) is 12.1. The third-order valence-electron chi connectivity index (χ3n) is 14.8. The number of ether oxygens (including phenoxy) is 14. The Kier molecular flexibility index (Phi) is 20.8. The largest absolute Gasteiger partial charge is 0.394 e. The van der Waals surface area contributed by atoms with E-state index in [0.29, 0.717) is 0 Å². The molecule has 14 bridgehead atoms. The minimum absolute atomic E-state index is 1.05. The summed E-state index contributed by atoms with van der Waals surface area (Å²) in [5.41, 5.74) is 0. The van der Waals surface area contributed by atoms with Crippen molar-refractivity contribution in [2.24, 2.45) is 0 Å². The summed E-state index contributed by atoms with van der Waals surface area (Å²) in [5, 5.41) is 230. The summed E-state index contributed by atoms with van der Waals surface area (Å²) in [7, 11) is 0. The zero-order valence-corrected chi connectivity index (χ0v) is 40.3. The highest BCUT2D eigenvalue weighted by Crippen LogP contribution is 2.39. The van der Waals surface area contributed by atoms with Crippen LogP contribution in [-0.4, -0.2) is 368 Å². The van der Waals surface area contributed by atoms with Gasteiger partial charge in [-0.1, -0.05) is 0 Å². The van der Waals surface area contributed by atoms with Crippen LogP contribution in [0, 0.1) is 0 Å². The lowest BCUT2D eigenvalue weighted by Gasteiger charge is -2.50. The molecule has 35 atom stereocenters. The first-order valence-electron chi connectivity index (χ1n) is 24.6. The van der Waals surface area contributed by atoms with Gasteiger partial charge in [0.05, 0.1) is 46.2 Å². The molecule has 77 heavy (non-hydrogen) atoms. The summed E-state index contributed by atoms with van der Waals surface area (Å²) in [6, 6.07) is 0. The predicted octanol–water partition coefficient (Wildman–Crippen LogP) is -15.2. The summed E-state index contributed by atoms with van der Waals surface area (Å²) in [6.07, 6.45) is -70.2. The van der Waals surface area contributed by atoms with Crippen molar-refractivity contribution in [1.82, 2.24) is 0 Å². The molecule has 21 N–H and O–H groups in total. The first-order chi connectivity index (χ1) is 36.7. The Morgan fingerprint density at radius 2 is 0.260 bits per heavy atom. The quantitative estimate of drug-likeness (QED) is 0.113. The van der Waals surface area contributed by atoms with Crippen LogP contribution < -0.4 is 0 Å². The van der Waals surface area contributed by atoms with Crippen LogP contribution in [0.15, 0.2) is 0 Å². The second kappa shape index (κ2) is 26.0.